The largest absolute Gasteiger partial charge is 0.465 e. The van der Waals surface area contributed by atoms with Crippen LogP contribution in [-0.2, 0) is 14.3 Å². The third-order valence-electron chi connectivity index (χ3n) is 4.18. The van der Waals surface area contributed by atoms with E-state index in [2.05, 4.69) is 5.32 Å². The van der Waals surface area contributed by atoms with Crippen LogP contribution in [0, 0.1) is 5.92 Å². The molecule has 0 spiro atoms. The predicted molar refractivity (Wildman–Crippen MR) is 86.6 cm³/mol. The number of ether oxygens (including phenoxy) is 1. The maximum Gasteiger partial charge on any atom is 0.319 e. The van der Waals surface area contributed by atoms with Crippen LogP contribution in [0.2, 0.25) is 0 Å². The highest BCUT2D eigenvalue weighted by atomic mass is 16.5. The highest BCUT2D eigenvalue weighted by Gasteiger charge is 2.48. The van der Waals surface area contributed by atoms with Gasteiger partial charge in [0, 0.05) is 5.92 Å². The lowest BCUT2D eigenvalue weighted by Gasteiger charge is -2.22. The van der Waals surface area contributed by atoms with Crippen LogP contribution in [0.15, 0.2) is 60.7 Å². The highest BCUT2D eigenvalue weighted by molar-refractivity contribution is 6.01. The van der Waals surface area contributed by atoms with Crippen LogP contribution in [0.1, 0.15) is 30.0 Å². The molecule has 1 amide bonds. The fraction of sp³-hybridized carbons (Fsp3) is 0.263. The Morgan fingerprint density at radius 3 is 2.13 bits per heavy atom. The fourth-order valence-electron chi connectivity index (χ4n) is 3.19. The average molecular weight is 309 g/mol. The van der Waals surface area contributed by atoms with Gasteiger partial charge in [0.15, 0.2) is 0 Å². The minimum atomic E-state index is -0.817. The van der Waals surface area contributed by atoms with Gasteiger partial charge in [0.25, 0.3) is 0 Å². The minimum absolute atomic E-state index is 0.236. The molecule has 3 atom stereocenters. The summed E-state index contributed by atoms with van der Waals surface area (Å²) in [4.78, 5) is 24.8. The van der Waals surface area contributed by atoms with Gasteiger partial charge in [-0.25, -0.2) is 0 Å². The normalized spacial score (nSPS) is 23.3. The number of amides is 1. The second kappa shape index (κ2) is 6.65. The molecule has 0 aromatic heterocycles. The molecule has 1 aliphatic rings. The SMILES string of the molecule is CCOC(=O)[C@@H]1C(=O)N[C@H](c2ccccc2)[C@@H]1c1ccccc1. The van der Waals surface area contributed by atoms with Gasteiger partial charge in [0.1, 0.15) is 5.92 Å². The van der Waals surface area contributed by atoms with Crippen LogP contribution in [0.4, 0.5) is 0 Å². The van der Waals surface area contributed by atoms with Crippen molar-refractivity contribution in [2.75, 3.05) is 6.61 Å². The Kier molecular flexibility index (Phi) is 4.42. The standard InChI is InChI=1S/C19H19NO3/c1-2-23-19(22)16-15(13-9-5-3-6-10-13)17(20-18(16)21)14-11-7-4-8-12-14/h3-12,15-17H,2H2,1H3,(H,20,21)/t15-,16+,17-/m1/s1. The summed E-state index contributed by atoms with van der Waals surface area (Å²) < 4.78 is 5.13. The van der Waals surface area contributed by atoms with Crippen molar-refractivity contribution >= 4 is 11.9 Å². The van der Waals surface area contributed by atoms with Crippen molar-refractivity contribution in [2.24, 2.45) is 5.92 Å². The Labute approximate surface area is 135 Å². The molecule has 1 heterocycles. The first kappa shape index (κ1) is 15.3. The van der Waals surface area contributed by atoms with Crippen molar-refractivity contribution in [1.29, 1.82) is 0 Å². The fourth-order valence-corrected chi connectivity index (χ4v) is 3.19. The molecular formula is C19H19NO3. The van der Waals surface area contributed by atoms with Crippen molar-refractivity contribution in [1.82, 2.24) is 5.32 Å². The van der Waals surface area contributed by atoms with E-state index in [4.69, 9.17) is 4.74 Å². The van der Waals surface area contributed by atoms with Crippen molar-refractivity contribution < 1.29 is 14.3 Å². The summed E-state index contributed by atoms with van der Waals surface area (Å²) in [6.07, 6.45) is 0. The van der Waals surface area contributed by atoms with Gasteiger partial charge in [-0.15, -0.1) is 0 Å². The third-order valence-corrected chi connectivity index (χ3v) is 4.18. The molecule has 0 aliphatic carbocycles. The van der Waals surface area contributed by atoms with Crippen LogP contribution < -0.4 is 5.32 Å². The molecule has 0 bridgehead atoms. The molecule has 3 rings (SSSR count). The van der Waals surface area contributed by atoms with Gasteiger partial charge in [0.05, 0.1) is 12.6 Å². The summed E-state index contributed by atoms with van der Waals surface area (Å²) in [7, 11) is 0. The number of hydrogen-bond acceptors (Lipinski definition) is 3. The van der Waals surface area contributed by atoms with Gasteiger partial charge in [-0.3, -0.25) is 9.59 Å². The zero-order valence-corrected chi connectivity index (χ0v) is 12.9. The van der Waals surface area contributed by atoms with Gasteiger partial charge < -0.3 is 10.1 Å². The van der Waals surface area contributed by atoms with Gasteiger partial charge in [-0.05, 0) is 18.1 Å². The zero-order valence-electron chi connectivity index (χ0n) is 12.9. The van der Waals surface area contributed by atoms with Crippen LogP contribution in [0.25, 0.3) is 0 Å². The lowest BCUT2D eigenvalue weighted by molar-refractivity contribution is -0.151. The Morgan fingerprint density at radius 2 is 1.57 bits per heavy atom. The topological polar surface area (TPSA) is 55.4 Å². The van der Waals surface area contributed by atoms with Crippen LogP contribution in [0.5, 0.6) is 0 Å². The number of carbonyl (C=O) groups excluding carboxylic acids is 2. The van der Waals surface area contributed by atoms with E-state index in [1.807, 2.05) is 60.7 Å². The molecule has 1 fully saturated rings. The Balaban J connectivity index is 2.03. The van der Waals surface area contributed by atoms with Crippen molar-refractivity contribution in [2.45, 2.75) is 18.9 Å². The Hall–Kier alpha value is -2.62. The number of esters is 1. The number of hydrogen-bond donors (Lipinski definition) is 1. The van der Waals surface area contributed by atoms with Gasteiger partial charge in [0.2, 0.25) is 5.91 Å². The molecule has 0 saturated carbocycles. The van der Waals surface area contributed by atoms with Crippen molar-refractivity contribution in [3.8, 4) is 0 Å². The Bertz CT molecular complexity index is 684. The van der Waals surface area contributed by atoms with Gasteiger partial charge in [-0.1, -0.05) is 60.7 Å². The third kappa shape index (κ3) is 2.97. The van der Waals surface area contributed by atoms with Gasteiger partial charge in [-0.2, -0.15) is 0 Å². The lowest BCUT2D eigenvalue weighted by Crippen LogP contribution is -2.28. The summed E-state index contributed by atoms with van der Waals surface area (Å²) >= 11 is 0. The smallest absolute Gasteiger partial charge is 0.319 e. The van der Waals surface area contributed by atoms with E-state index in [1.54, 1.807) is 6.92 Å². The molecule has 2 aromatic rings. The van der Waals surface area contributed by atoms with E-state index in [0.717, 1.165) is 11.1 Å². The second-order valence-corrected chi connectivity index (χ2v) is 5.56. The molecular weight excluding hydrogens is 290 g/mol. The number of nitrogens with one attached hydrogen (secondary N) is 1. The second-order valence-electron chi connectivity index (χ2n) is 5.56. The summed E-state index contributed by atoms with van der Waals surface area (Å²) in [5.41, 5.74) is 1.94. The van der Waals surface area contributed by atoms with Crippen LogP contribution in [-0.4, -0.2) is 18.5 Å². The van der Waals surface area contributed by atoms with Crippen LogP contribution >= 0.6 is 0 Å². The number of carbonyl (C=O) groups is 2. The first-order valence-electron chi connectivity index (χ1n) is 7.79. The van der Waals surface area contributed by atoms with Gasteiger partial charge >= 0.3 is 5.97 Å². The lowest BCUT2D eigenvalue weighted by atomic mass is 9.81. The monoisotopic (exact) mass is 309 g/mol. The molecule has 1 N–H and O–H groups in total. The highest BCUT2D eigenvalue weighted by Crippen LogP contribution is 2.42. The van der Waals surface area contributed by atoms with E-state index in [-0.39, 0.29) is 24.5 Å². The molecule has 0 radical (unpaired) electrons. The summed E-state index contributed by atoms with van der Waals surface area (Å²) in [6, 6.07) is 19.2. The maximum atomic E-state index is 12.4. The average Bonchev–Trinajstić information content (AvgIpc) is 2.94. The summed E-state index contributed by atoms with van der Waals surface area (Å²) in [5.74, 6) is -1.82. The molecule has 1 saturated heterocycles. The summed E-state index contributed by atoms with van der Waals surface area (Å²) in [6.45, 7) is 2.01. The Morgan fingerprint density at radius 1 is 1.00 bits per heavy atom. The molecule has 118 valence electrons. The molecule has 2 aromatic carbocycles. The van der Waals surface area contributed by atoms with E-state index in [1.165, 1.54) is 0 Å². The van der Waals surface area contributed by atoms with E-state index in [9.17, 15) is 9.59 Å². The minimum Gasteiger partial charge on any atom is -0.465 e. The van der Waals surface area contributed by atoms with E-state index < -0.39 is 11.9 Å². The zero-order chi connectivity index (χ0) is 16.2. The number of benzene rings is 2. The first-order valence-corrected chi connectivity index (χ1v) is 7.79. The molecule has 4 nitrogen and oxygen atoms in total. The van der Waals surface area contributed by atoms with E-state index in [0.29, 0.717) is 0 Å². The molecule has 23 heavy (non-hydrogen) atoms. The van der Waals surface area contributed by atoms with Crippen molar-refractivity contribution in [3.05, 3.63) is 71.8 Å². The molecule has 0 unspecified atom stereocenters. The van der Waals surface area contributed by atoms with Crippen LogP contribution in [0.3, 0.4) is 0 Å². The quantitative estimate of drug-likeness (QED) is 0.698. The van der Waals surface area contributed by atoms with E-state index >= 15 is 0 Å². The van der Waals surface area contributed by atoms with Crippen molar-refractivity contribution in [3.63, 3.8) is 0 Å². The summed E-state index contributed by atoms with van der Waals surface area (Å²) in [5, 5.41) is 2.97. The predicted octanol–water partition coefficient (Wildman–Crippen LogP) is 2.82. The maximum absolute atomic E-state index is 12.4. The molecule has 1 aliphatic heterocycles. The first-order chi connectivity index (χ1) is 11.2. The number of rotatable bonds is 4. The molecule has 4 heteroatoms.